The van der Waals surface area contributed by atoms with E-state index in [9.17, 15) is 17.6 Å². The van der Waals surface area contributed by atoms with Gasteiger partial charge in [0.15, 0.2) is 17.5 Å². The quantitative estimate of drug-likeness (QED) is 0.372. The van der Waals surface area contributed by atoms with Gasteiger partial charge in [0.05, 0.1) is 5.39 Å². The van der Waals surface area contributed by atoms with Gasteiger partial charge in [0.2, 0.25) is 12.0 Å². The predicted octanol–water partition coefficient (Wildman–Crippen LogP) is 2.53. The molecule has 0 atom stereocenters. The Morgan fingerprint density at radius 2 is 1.62 bits per heavy atom. The number of rotatable bonds is 0. The summed E-state index contributed by atoms with van der Waals surface area (Å²) in [5.74, 6) is -4.15. The van der Waals surface area contributed by atoms with Crippen LogP contribution in [0.5, 0.6) is 0 Å². The van der Waals surface area contributed by atoms with Gasteiger partial charge in [-0.2, -0.15) is 8.96 Å². The second-order valence-electron chi connectivity index (χ2n) is 3.60. The molecule has 2 rings (SSSR count). The minimum atomic E-state index is -1.28. The molecule has 0 unspecified atom stereocenters. The summed E-state index contributed by atoms with van der Waals surface area (Å²) >= 11 is 0. The van der Waals surface area contributed by atoms with Crippen LogP contribution in [0.25, 0.3) is 10.9 Å². The van der Waals surface area contributed by atoms with E-state index in [0.29, 0.717) is 0 Å². The third kappa shape index (κ3) is 1.35. The molecule has 1 aromatic carbocycles. The molecule has 0 fully saturated rings. The van der Waals surface area contributed by atoms with Crippen LogP contribution in [0.3, 0.4) is 0 Å². The molecule has 2 aromatic rings. The predicted molar refractivity (Wildman–Crippen MR) is 49.7 cm³/mol. The lowest BCUT2D eigenvalue weighted by molar-refractivity contribution is -0.647. The molecule has 0 spiro atoms. The van der Waals surface area contributed by atoms with Crippen molar-refractivity contribution in [1.29, 1.82) is 0 Å². The topological polar surface area (TPSA) is 3.88 Å². The molecule has 1 heterocycles. The Morgan fingerprint density at radius 1 is 1.00 bits per heavy atom. The van der Waals surface area contributed by atoms with E-state index in [1.807, 2.05) is 0 Å². The van der Waals surface area contributed by atoms with Crippen LogP contribution in [0.2, 0.25) is 0 Å². The lowest BCUT2D eigenvalue weighted by Crippen LogP contribution is -2.31. The van der Waals surface area contributed by atoms with Gasteiger partial charge in [-0.05, 0) is 13.0 Å². The number of halogens is 4. The highest BCUT2D eigenvalue weighted by molar-refractivity contribution is 5.78. The molecule has 16 heavy (non-hydrogen) atoms. The van der Waals surface area contributed by atoms with Crippen molar-refractivity contribution < 1.29 is 22.1 Å². The molecule has 84 valence electrons. The van der Waals surface area contributed by atoms with Gasteiger partial charge in [-0.15, -0.1) is 0 Å². The minimum Gasteiger partial charge on any atom is -0.203 e. The molecule has 1 aromatic heterocycles. The van der Waals surface area contributed by atoms with Crippen molar-refractivity contribution in [2.24, 2.45) is 7.05 Å². The average molecular weight is 230 g/mol. The summed E-state index contributed by atoms with van der Waals surface area (Å²) in [5, 5.41) is -0.400. The van der Waals surface area contributed by atoms with Crippen LogP contribution in [0.4, 0.5) is 17.6 Å². The first-order chi connectivity index (χ1) is 7.43. The monoisotopic (exact) mass is 230 g/mol. The third-order valence-electron chi connectivity index (χ3n) is 2.50. The van der Waals surface area contributed by atoms with E-state index in [2.05, 4.69) is 0 Å². The normalized spacial score (nSPS) is 11.1. The number of nitrogens with zero attached hydrogens (tertiary/aromatic N) is 1. The van der Waals surface area contributed by atoms with Crippen molar-refractivity contribution in [1.82, 2.24) is 0 Å². The molecule has 1 nitrogen and oxygen atoms in total. The minimum absolute atomic E-state index is 0.155. The SMILES string of the molecule is Cc1c(F)c(F)c2cc(F)c[n+](C)c2c1F. The van der Waals surface area contributed by atoms with E-state index >= 15 is 0 Å². The van der Waals surface area contributed by atoms with E-state index in [1.54, 1.807) is 0 Å². The lowest BCUT2D eigenvalue weighted by Gasteiger charge is -2.04. The highest BCUT2D eigenvalue weighted by Crippen LogP contribution is 2.25. The summed E-state index contributed by atoms with van der Waals surface area (Å²) < 4.78 is 54.5. The summed E-state index contributed by atoms with van der Waals surface area (Å²) in [5.41, 5.74) is -0.565. The lowest BCUT2D eigenvalue weighted by atomic mass is 10.1. The van der Waals surface area contributed by atoms with Gasteiger partial charge >= 0.3 is 0 Å². The Kier molecular flexibility index (Phi) is 2.33. The number of aromatic nitrogens is 1. The van der Waals surface area contributed by atoms with Gasteiger partial charge in [-0.3, -0.25) is 0 Å². The molecule has 0 radical (unpaired) electrons. The number of hydrogen-bond donors (Lipinski definition) is 0. The van der Waals surface area contributed by atoms with E-state index < -0.39 is 34.2 Å². The number of aryl methyl sites for hydroxylation is 1. The fourth-order valence-electron chi connectivity index (χ4n) is 1.68. The Bertz CT molecular complexity index is 593. The molecule has 0 saturated carbocycles. The third-order valence-corrected chi connectivity index (χ3v) is 2.50. The summed E-state index contributed by atoms with van der Waals surface area (Å²) in [6, 6.07) is 0.774. The number of hydrogen-bond acceptors (Lipinski definition) is 0. The second kappa shape index (κ2) is 3.43. The van der Waals surface area contributed by atoms with Crippen LogP contribution in [-0.2, 0) is 7.05 Å². The van der Waals surface area contributed by atoms with Gasteiger partial charge in [0.25, 0.3) is 5.52 Å². The van der Waals surface area contributed by atoms with Crippen LogP contribution >= 0.6 is 0 Å². The smallest absolute Gasteiger partial charge is 0.203 e. The highest BCUT2D eigenvalue weighted by atomic mass is 19.2. The largest absolute Gasteiger partial charge is 0.252 e. The first-order valence-electron chi connectivity index (χ1n) is 4.55. The second-order valence-corrected chi connectivity index (χ2v) is 3.60. The average Bonchev–Trinajstić information content (AvgIpc) is 2.22. The van der Waals surface area contributed by atoms with Gasteiger partial charge in [-0.1, -0.05) is 0 Å². The van der Waals surface area contributed by atoms with Gasteiger partial charge in [0, 0.05) is 5.56 Å². The summed E-state index contributed by atoms with van der Waals surface area (Å²) in [7, 11) is 1.37. The molecule has 0 bridgehead atoms. The maximum absolute atomic E-state index is 13.7. The highest BCUT2D eigenvalue weighted by Gasteiger charge is 2.24. The molecule has 0 amide bonds. The van der Waals surface area contributed by atoms with Gasteiger partial charge < -0.3 is 0 Å². The Hall–Kier alpha value is -1.65. The molecular formula is C11H8F4N+. The van der Waals surface area contributed by atoms with Gasteiger partial charge in [0.1, 0.15) is 7.05 Å². The number of benzene rings is 1. The zero-order valence-corrected chi connectivity index (χ0v) is 8.61. The standard InChI is InChI=1S/C11H8F4N/c1-5-8(13)10(15)7-3-6(12)4-16(2)11(7)9(5)14/h3-4H,1-2H3/q+1. The molecule has 0 saturated heterocycles. The first-order valence-corrected chi connectivity index (χ1v) is 4.55. The molecule has 0 aliphatic heterocycles. The zero-order chi connectivity index (χ0) is 12.0. The Balaban J connectivity index is 3.08. The van der Waals surface area contributed by atoms with Crippen molar-refractivity contribution in [3.05, 3.63) is 41.1 Å². The molecule has 0 aliphatic carbocycles. The fourth-order valence-corrected chi connectivity index (χ4v) is 1.68. The summed E-state index contributed by atoms with van der Waals surface area (Å²) in [6.45, 7) is 1.14. The number of fused-ring (bicyclic) bond motifs is 1. The van der Waals surface area contributed by atoms with E-state index in [4.69, 9.17) is 0 Å². The van der Waals surface area contributed by atoms with Crippen molar-refractivity contribution in [2.45, 2.75) is 6.92 Å². The van der Waals surface area contributed by atoms with Crippen LogP contribution in [0, 0.1) is 30.2 Å². The van der Waals surface area contributed by atoms with Crippen molar-refractivity contribution in [3.63, 3.8) is 0 Å². The molecular weight excluding hydrogens is 222 g/mol. The van der Waals surface area contributed by atoms with Crippen molar-refractivity contribution >= 4 is 10.9 Å². The Labute approximate surface area is 88.9 Å². The van der Waals surface area contributed by atoms with Crippen LogP contribution in [0.15, 0.2) is 12.3 Å². The molecule has 5 heteroatoms. The fraction of sp³-hybridized carbons (Fsp3) is 0.182. The van der Waals surface area contributed by atoms with Crippen LogP contribution in [-0.4, -0.2) is 0 Å². The summed E-state index contributed by atoms with van der Waals surface area (Å²) in [6.07, 6.45) is 1.00. The van der Waals surface area contributed by atoms with E-state index in [1.165, 1.54) is 7.05 Å². The van der Waals surface area contributed by atoms with Crippen LogP contribution < -0.4 is 4.57 Å². The Morgan fingerprint density at radius 3 is 2.25 bits per heavy atom. The zero-order valence-electron chi connectivity index (χ0n) is 8.61. The first kappa shape index (κ1) is 10.9. The van der Waals surface area contributed by atoms with Gasteiger partial charge in [-0.25, -0.2) is 13.2 Å². The molecule has 0 N–H and O–H groups in total. The van der Waals surface area contributed by atoms with Crippen LogP contribution in [0.1, 0.15) is 5.56 Å². The van der Waals surface area contributed by atoms with Crippen molar-refractivity contribution in [3.8, 4) is 0 Å². The maximum Gasteiger partial charge on any atom is 0.252 e. The van der Waals surface area contributed by atoms with Crippen molar-refractivity contribution in [2.75, 3.05) is 0 Å². The molecule has 0 aliphatic rings. The number of pyridine rings is 1. The maximum atomic E-state index is 13.7. The summed E-state index contributed by atoms with van der Waals surface area (Å²) in [4.78, 5) is 0. The van der Waals surface area contributed by atoms with E-state index in [0.717, 1.165) is 23.8 Å². The van der Waals surface area contributed by atoms with E-state index in [-0.39, 0.29) is 5.52 Å².